The number of aryl methyl sites for hydroxylation is 4. The summed E-state index contributed by atoms with van der Waals surface area (Å²) in [5.41, 5.74) is 25.5. The quantitative estimate of drug-likeness (QED) is 0.149. The molecule has 2 heterocycles. The second-order valence-corrected chi connectivity index (χ2v) is 12.7. The van der Waals surface area contributed by atoms with Crippen molar-refractivity contribution >= 4 is 17.4 Å². The van der Waals surface area contributed by atoms with Gasteiger partial charge in [0.2, 0.25) is 0 Å². The number of anilines is 2. The van der Waals surface area contributed by atoms with Crippen LogP contribution in [0.4, 0.5) is 16.2 Å². The maximum Gasteiger partial charge on any atom is 0.323 e. The molecule has 0 spiro atoms. The first kappa shape index (κ1) is 32.8. The van der Waals surface area contributed by atoms with E-state index in [1.807, 2.05) is 13.8 Å². The number of nitrogens with one attached hydrogen (secondary N) is 2. The molecule has 2 aromatic heterocycles. The van der Waals surface area contributed by atoms with Crippen LogP contribution in [0.25, 0.3) is 22.3 Å². The summed E-state index contributed by atoms with van der Waals surface area (Å²) in [4.78, 5) is 23.9. The highest BCUT2D eigenvalue weighted by atomic mass is 16.2. The molecule has 4 rings (SSSR count). The maximum absolute atomic E-state index is 13.9. The van der Waals surface area contributed by atoms with Crippen LogP contribution >= 0.6 is 0 Å². The lowest BCUT2D eigenvalue weighted by Crippen LogP contribution is -2.24. The molecule has 7 heteroatoms. The Bertz CT molecular complexity index is 1500. The molecule has 0 aliphatic heterocycles. The second kappa shape index (κ2) is 14.1. The number of pyridine rings is 2. The number of amides is 2. The van der Waals surface area contributed by atoms with Crippen LogP contribution in [0.3, 0.4) is 0 Å². The number of rotatable bonds is 10. The number of urea groups is 1. The lowest BCUT2D eigenvalue weighted by molar-refractivity contribution is 0.262. The van der Waals surface area contributed by atoms with Crippen LogP contribution in [0.5, 0.6) is 0 Å². The fourth-order valence-corrected chi connectivity index (χ4v) is 5.80. The fraction of sp³-hybridized carbons (Fsp3) is 0.378. The Labute approximate surface area is 262 Å². The van der Waals surface area contributed by atoms with Gasteiger partial charge < -0.3 is 22.1 Å². The summed E-state index contributed by atoms with van der Waals surface area (Å²) in [5.74, 6) is 0.817. The summed E-state index contributed by atoms with van der Waals surface area (Å²) in [5, 5.41) is 6.34. The molecule has 0 aliphatic carbocycles. The minimum Gasteiger partial charge on any atom is -0.326 e. The largest absolute Gasteiger partial charge is 0.326 e. The highest BCUT2D eigenvalue weighted by molar-refractivity contribution is 6.06. The number of nitrogens with zero attached hydrogens (tertiary/aromatic N) is 2. The van der Waals surface area contributed by atoms with E-state index >= 15 is 0 Å². The van der Waals surface area contributed by atoms with E-state index in [1.165, 1.54) is 0 Å². The molecule has 0 saturated heterocycles. The number of aromatic nitrogens is 2. The van der Waals surface area contributed by atoms with Gasteiger partial charge >= 0.3 is 6.03 Å². The van der Waals surface area contributed by atoms with Gasteiger partial charge in [0.15, 0.2) is 0 Å². The van der Waals surface area contributed by atoms with Gasteiger partial charge in [-0.15, -0.1) is 0 Å². The van der Waals surface area contributed by atoms with E-state index in [2.05, 4.69) is 101 Å². The van der Waals surface area contributed by atoms with Gasteiger partial charge in [-0.2, -0.15) is 0 Å². The van der Waals surface area contributed by atoms with Gasteiger partial charge in [0.25, 0.3) is 0 Å². The predicted molar refractivity (Wildman–Crippen MR) is 184 cm³/mol. The topological polar surface area (TPSA) is 119 Å². The van der Waals surface area contributed by atoms with Crippen molar-refractivity contribution in [3.05, 3.63) is 93.6 Å². The highest BCUT2D eigenvalue weighted by Gasteiger charge is 2.24. The Morgan fingerprint density at radius 3 is 1.27 bits per heavy atom. The Balaban J connectivity index is 1.84. The molecule has 44 heavy (non-hydrogen) atoms. The molecule has 232 valence electrons. The van der Waals surface area contributed by atoms with Gasteiger partial charge in [-0.3, -0.25) is 9.97 Å². The summed E-state index contributed by atoms with van der Waals surface area (Å²) >= 11 is 0. The first-order valence-corrected chi connectivity index (χ1v) is 15.6. The van der Waals surface area contributed by atoms with Crippen molar-refractivity contribution in [2.45, 2.75) is 81.3 Å². The van der Waals surface area contributed by atoms with Gasteiger partial charge in [-0.05, 0) is 74.6 Å². The molecule has 0 atom stereocenters. The minimum absolute atomic E-state index is 0.312. The first-order chi connectivity index (χ1) is 20.9. The van der Waals surface area contributed by atoms with Crippen LogP contribution < -0.4 is 22.1 Å². The monoisotopic (exact) mass is 592 g/mol. The van der Waals surface area contributed by atoms with Crippen LogP contribution in [0.15, 0.2) is 48.5 Å². The fourth-order valence-electron chi connectivity index (χ4n) is 5.80. The zero-order chi connectivity index (χ0) is 32.1. The highest BCUT2D eigenvalue weighted by Crippen LogP contribution is 2.38. The number of benzene rings is 2. The molecular formula is C37H48N6O. The molecule has 4 aromatic rings. The van der Waals surface area contributed by atoms with Crippen molar-refractivity contribution in [2.24, 2.45) is 23.3 Å². The third-order valence-corrected chi connectivity index (χ3v) is 7.90. The second-order valence-electron chi connectivity index (χ2n) is 12.7. The van der Waals surface area contributed by atoms with Crippen LogP contribution in [-0.2, 0) is 25.9 Å². The molecule has 2 amide bonds. The van der Waals surface area contributed by atoms with Crippen molar-refractivity contribution in [3.63, 3.8) is 0 Å². The number of carbonyl (C=O) groups excluding carboxylic acids is 1. The third kappa shape index (κ3) is 7.34. The number of carbonyl (C=O) groups is 1. The lowest BCUT2D eigenvalue weighted by atomic mass is 9.92. The molecule has 6 N–H and O–H groups in total. The Morgan fingerprint density at radius 1 is 0.636 bits per heavy atom. The molecular weight excluding hydrogens is 544 g/mol. The number of hydrogen-bond acceptors (Lipinski definition) is 5. The van der Waals surface area contributed by atoms with Gasteiger partial charge in [-0.25, -0.2) is 4.79 Å². The van der Waals surface area contributed by atoms with Crippen LogP contribution in [0, 0.1) is 39.5 Å². The molecule has 0 aliphatic rings. The Morgan fingerprint density at radius 2 is 0.977 bits per heavy atom. The Kier molecular flexibility index (Phi) is 10.6. The van der Waals surface area contributed by atoms with Crippen molar-refractivity contribution in [2.75, 3.05) is 10.6 Å². The van der Waals surface area contributed by atoms with Crippen LogP contribution in [-0.4, -0.2) is 16.0 Å². The number of hydrogen-bond donors (Lipinski definition) is 4. The van der Waals surface area contributed by atoms with Gasteiger partial charge in [0.1, 0.15) is 0 Å². The van der Waals surface area contributed by atoms with Crippen LogP contribution in [0.2, 0.25) is 0 Å². The van der Waals surface area contributed by atoms with E-state index in [1.54, 1.807) is 0 Å². The smallest absolute Gasteiger partial charge is 0.323 e. The molecule has 2 aromatic carbocycles. The summed E-state index contributed by atoms with van der Waals surface area (Å²) in [6.45, 7) is 17.3. The van der Waals surface area contributed by atoms with E-state index in [4.69, 9.17) is 21.4 Å². The Hall–Kier alpha value is -4.07. The third-order valence-electron chi connectivity index (χ3n) is 7.90. The number of nitrogens with two attached hydrogens (primary N) is 2. The standard InChI is InChI=1S/C37H48N6O/c1-21(2)17-31-29(19-38)33(27-13-9-23(5)10-14-27)35(25(7)40-31)42-37(44)43-36-26(8)41-32(18-22(3)4)30(20-39)34(36)28-15-11-24(6)12-16-28/h9-16,21-22H,17-20,38-39H2,1-8H3,(H2,42,43,44). The molecule has 0 radical (unpaired) electrons. The molecule has 0 fully saturated rings. The summed E-state index contributed by atoms with van der Waals surface area (Å²) in [7, 11) is 0. The average Bonchev–Trinajstić information content (AvgIpc) is 2.96. The summed E-state index contributed by atoms with van der Waals surface area (Å²) < 4.78 is 0. The normalized spacial score (nSPS) is 11.4. The maximum atomic E-state index is 13.9. The van der Waals surface area contributed by atoms with E-state index in [0.717, 1.165) is 80.1 Å². The SMILES string of the molecule is Cc1ccc(-c2c(CN)c(CC(C)C)nc(C)c2NC(=O)Nc2c(C)nc(CC(C)C)c(CN)c2-c2ccc(C)cc2)cc1. The zero-order valence-corrected chi connectivity index (χ0v) is 27.6. The van der Waals surface area contributed by atoms with Crippen molar-refractivity contribution in [1.82, 2.24) is 9.97 Å². The van der Waals surface area contributed by atoms with E-state index in [-0.39, 0.29) is 6.03 Å². The van der Waals surface area contributed by atoms with Crippen molar-refractivity contribution in [3.8, 4) is 22.3 Å². The minimum atomic E-state index is -0.374. The lowest BCUT2D eigenvalue weighted by Gasteiger charge is -2.23. The van der Waals surface area contributed by atoms with E-state index < -0.39 is 0 Å². The first-order valence-electron chi connectivity index (χ1n) is 15.6. The van der Waals surface area contributed by atoms with Gasteiger partial charge in [-0.1, -0.05) is 87.4 Å². The summed E-state index contributed by atoms with van der Waals surface area (Å²) in [6, 6.07) is 16.3. The average molecular weight is 593 g/mol. The van der Waals surface area contributed by atoms with Gasteiger partial charge in [0.05, 0.1) is 22.8 Å². The predicted octanol–water partition coefficient (Wildman–Crippen LogP) is 8.00. The molecule has 0 unspecified atom stereocenters. The molecule has 0 saturated carbocycles. The van der Waals surface area contributed by atoms with Crippen molar-refractivity contribution in [1.29, 1.82) is 0 Å². The van der Waals surface area contributed by atoms with Crippen LogP contribution in [0.1, 0.15) is 72.7 Å². The zero-order valence-electron chi connectivity index (χ0n) is 27.6. The van der Waals surface area contributed by atoms with Crippen molar-refractivity contribution < 1.29 is 4.79 Å². The molecule has 0 bridgehead atoms. The summed E-state index contributed by atoms with van der Waals surface area (Å²) in [6.07, 6.45) is 1.60. The van der Waals surface area contributed by atoms with E-state index in [0.29, 0.717) is 36.3 Å². The van der Waals surface area contributed by atoms with E-state index in [9.17, 15) is 4.79 Å². The molecule has 7 nitrogen and oxygen atoms in total. The van der Waals surface area contributed by atoms with Gasteiger partial charge in [0, 0.05) is 35.6 Å².